The fourth-order valence-corrected chi connectivity index (χ4v) is 2.22. The molecule has 8 heteroatoms. The summed E-state index contributed by atoms with van der Waals surface area (Å²) in [7, 11) is 0. The maximum absolute atomic E-state index is 12.5. The molecule has 0 unspecified atom stereocenters. The van der Waals surface area contributed by atoms with Crippen molar-refractivity contribution in [3.8, 4) is 11.3 Å². The topological polar surface area (TPSA) is 68.0 Å². The van der Waals surface area contributed by atoms with Crippen LogP contribution in [0.25, 0.3) is 11.3 Å². The molecule has 0 radical (unpaired) electrons. The van der Waals surface area contributed by atoms with Gasteiger partial charge in [0.1, 0.15) is 11.4 Å². The monoisotopic (exact) mass is 361 g/mol. The van der Waals surface area contributed by atoms with Crippen LogP contribution in [0.5, 0.6) is 0 Å². The number of benzene rings is 1. The van der Waals surface area contributed by atoms with Crippen LogP contribution in [0.15, 0.2) is 53.2 Å². The van der Waals surface area contributed by atoms with Gasteiger partial charge in [0.2, 0.25) is 0 Å². The first kappa shape index (κ1) is 17.7. The fraction of sp³-hybridized carbons (Fsp3) is 0.167. The van der Waals surface area contributed by atoms with Gasteiger partial charge in [-0.3, -0.25) is 9.78 Å². The van der Waals surface area contributed by atoms with Crippen molar-refractivity contribution in [3.05, 3.63) is 71.2 Å². The van der Waals surface area contributed by atoms with Crippen molar-refractivity contribution >= 4 is 5.91 Å². The van der Waals surface area contributed by atoms with Crippen LogP contribution in [-0.2, 0) is 12.7 Å². The molecule has 26 heavy (non-hydrogen) atoms. The minimum absolute atomic E-state index is 0.0243. The van der Waals surface area contributed by atoms with Crippen LogP contribution >= 0.6 is 0 Å². The summed E-state index contributed by atoms with van der Waals surface area (Å²) < 4.78 is 42.6. The molecule has 3 aromatic rings. The second-order valence-electron chi connectivity index (χ2n) is 5.66. The minimum atomic E-state index is -4.54. The molecule has 0 bridgehead atoms. The Kier molecular flexibility index (Phi) is 4.75. The van der Waals surface area contributed by atoms with Crippen molar-refractivity contribution in [1.82, 2.24) is 15.5 Å². The lowest BCUT2D eigenvalue weighted by Crippen LogP contribution is -2.23. The maximum Gasteiger partial charge on any atom is 0.433 e. The highest BCUT2D eigenvalue weighted by molar-refractivity contribution is 5.93. The number of hydrogen-bond acceptors (Lipinski definition) is 4. The van der Waals surface area contributed by atoms with E-state index in [0.29, 0.717) is 11.5 Å². The van der Waals surface area contributed by atoms with Crippen LogP contribution in [0, 0.1) is 6.92 Å². The Morgan fingerprint density at radius 1 is 1.15 bits per heavy atom. The summed E-state index contributed by atoms with van der Waals surface area (Å²) in [5.41, 5.74) is 1.60. The lowest BCUT2D eigenvalue weighted by Gasteiger charge is -2.06. The Hall–Kier alpha value is -3.16. The van der Waals surface area contributed by atoms with Crippen molar-refractivity contribution in [3.63, 3.8) is 0 Å². The summed E-state index contributed by atoms with van der Waals surface area (Å²) in [6, 6.07) is 11.2. The number of carbonyl (C=O) groups is 1. The average Bonchev–Trinajstić information content (AvgIpc) is 3.08. The van der Waals surface area contributed by atoms with Crippen molar-refractivity contribution in [2.75, 3.05) is 0 Å². The highest BCUT2D eigenvalue weighted by Crippen LogP contribution is 2.27. The van der Waals surface area contributed by atoms with E-state index in [1.165, 1.54) is 0 Å². The first-order chi connectivity index (χ1) is 12.3. The third-order valence-corrected chi connectivity index (χ3v) is 3.65. The molecule has 0 fully saturated rings. The molecule has 2 aromatic heterocycles. The van der Waals surface area contributed by atoms with Crippen LogP contribution in [-0.4, -0.2) is 16.0 Å². The number of aromatic nitrogens is 2. The smallest absolute Gasteiger partial charge is 0.359 e. The molecule has 0 saturated heterocycles. The molecule has 0 aliphatic rings. The van der Waals surface area contributed by atoms with Crippen LogP contribution in [0.3, 0.4) is 0 Å². The number of halogens is 3. The molecule has 0 saturated carbocycles. The molecular formula is C18H14F3N3O2. The summed E-state index contributed by atoms with van der Waals surface area (Å²) in [4.78, 5) is 15.3. The van der Waals surface area contributed by atoms with Gasteiger partial charge < -0.3 is 9.84 Å². The number of aryl methyl sites for hydroxylation is 1. The van der Waals surface area contributed by atoms with Crippen LogP contribution in [0.4, 0.5) is 13.2 Å². The van der Waals surface area contributed by atoms with Crippen molar-refractivity contribution < 1.29 is 22.5 Å². The Morgan fingerprint density at radius 2 is 1.88 bits per heavy atom. The molecule has 2 heterocycles. The lowest BCUT2D eigenvalue weighted by atomic mass is 10.1. The van der Waals surface area contributed by atoms with E-state index in [1.54, 1.807) is 6.07 Å². The van der Waals surface area contributed by atoms with E-state index in [1.807, 2.05) is 31.2 Å². The molecule has 3 rings (SSSR count). The number of nitrogens with zero attached hydrogens (tertiary/aromatic N) is 2. The third kappa shape index (κ3) is 4.08. The molecule has 0 aliphatic carbocycles. The average molecular weight is 361 g/mol. The van der Waals surface area contributed by atoms with E-state index in [9.17, 15) is 18.0 Å². The first-order valence-corrected chi connectivity index (χ1v) is 7.67. The zero-order valence-electron chi connectivity index (χ0n) is 13.7. The molecule has 1 amide bonds. The standard InChI is InChI=1S/C18H14F3N3O2/c1-11-2-4-12(5-3-11)15-8-14(26-24-15)10-23-17(25)13-6-7-16(22-9-13)18(19,20)21/h2-9H,10H2,1H3,(H,23,25). The van der Waals surface area contributed by atoms with Gasteiger partial charge in [-0.2, -0.15) is 13.2 Å². The van der Waals surface area contributed by atoms with Crippen LogP contribution in [0.2, 0.25) is 0 Å². The number of carbonyl (C=O) groups excluding carboxylic acids is 1. The van der Waals surface area contributed by atoms with Gasteiger partial charge in [0.15, 0.2) is 5.76 Å². The fourth-order valence-electron chi connectivity index (χ4n) is 2.22. The normalized spacial score (nSPS) is 11.4. The second-order valence-corrected chi connectivity index (χ2v) is 5.66. The van der Waals surface area contributed by atoms with E-state index >= 15 is 0 Å². The van der Waals surface area contributed by atoms with E-state index in [4.69, 9.17) is 4.52 Å². The zero-order valence-corrected chi connectivity index (χ0v) is 13.7. The Bertz CT molecular complexity index is 901. The molecule has 1 aromatic carbocycles. The first-order valence-electron chi connectivity index (χ1n) is 7.67. The van der Waals surface area contributed by atoms with Gasteiger partial charge in [-0.1, -0.05) is 35.0 Å². The predicted molar refractivity (Wildman–Crippen MR) is 87.1 cm³/mol. The summed E-state index contributed by atoms with van der Waals surface area (Å²) in [6.07, 6.45) is -3.66. The molecule has 1 N–H and O–H groups in total. The van der Waals surface area contributed by atoms with Gasteiger partial charge >= 0.3 is 6.18 Å². The van der Waals surface area contributed by atoms with Gasteiger partial charge in [0.05, 0.1) is 12.1 Å². The van der Waals surface area contributed by atoms with E-state index in [2.05, 4.69) is 15.5 Å². The highest BCUT2D eigenvalue weighted by atomic mass is 19.4. The third-order valence-electron chi connectivity index (χ3n) is 3.65. The van der Waals surface area contributed by atoms with E-state index in [-0.39, 0.29) is 12.1 Å². The number of hydrogen-bond donors (Lipinski definition) is 1. The van der Waals surface area contributed by atoms with Crippen molar-refractivity contribution in [2.45, 2.75) is 19.6 Å². The highest BCUT2D eigenvalue weighted by Gasteiger charge is 2.32. The van der Waals surface area contributed by atoms with Crippen LogP contribution in [0.1, 0.15) is 27.4 Å². The summed E-state index contributed by atoms with van der Waals surface area (Å²) >= 11 is 0. The lowest BCUT2D eigenvalue weighted by molar-refractivity contribution is -0.141. The van der Waals surface area contributed by atoms with Crippen molar-refractivity contribution in [2.24, 2.45) is 0 Å². The van der Waals surface area contributed by atoms with Gasteiger partial charge in [0.25, 0.3) is 5.91 Å². The molecule has 134 valence electrons. The largest absolute Gasteiger partial charge is 0.433 e. The van der Waals surface area contributed by atoms with E-state index < -0.39 is 17.8 Å². The summed E-state index contributed by atoms with van der Waals surface area (Å²) in [5.74, 6) is -0.131. The number of rotatable bonds is 4. The maximum atomic E-state index is 12.5. The Labute approximate surface area is 146 Å². The summed E-state index contributed by atoms with van der Waals surface area (Å²) in [6.45, 7) is 2.03. The second kappa shape index (κ2) is 6.99. The molecular weight excluding hydrogens is 347 g/mol. The van der Waals surface area contributed by atoms with Gasteiger partial charge in [0, 0.05) is 17.8 Å². The number of pyridine rings is 1. The SMILES string of the molecule is Cc1ccc(-c2cc(CNC(=O)c3ccc(C(F)(F)F)nc3)on2)cc1. The molecule has 0 aliphatic heterocycles. The van der Waals surface area contributed by atoms with Gasteiger partial charge in [-0.15, -0.1) is 0 Å². The minimum Gasteiger partial charge on any atom is -0.359 e. The van der Waals surface area contributed by atoms with Gasteiger partial charge in [-0.05, 0) is 19.1 Å². The zero-order chi connectivity index (χ0) is 18.7. The van der Waals surface area contributed by atoms with Crippen LogP contribution < -0.4 is 5.32 Å². The van der Waals surface area contributed by atoms with E-state index in [0.717, 1.165) is 29.5 Å². The molecule has 0 spiro atoms. The number of alkyl halides is 3. The van der Waals surface area contributed by atoms with Crippen molar-refractivity contribution in [1.29, 1.82) is 0 Å². The quantitative estimate of drug-likeness (QED) is 0.763. The Balaban J connectivity index is 1.62. The predicted octanol–water partition coefficient (Wildman–Crippen LogP) is 3.99. The van der Waals surface area contributed by atoms with Gasteiger partial charge in [-0.25, -0.2) is 0 Å². The molecule has 5 nitrogen and oxygen atoms in total. The number of nitrogens with one attached hydrogen (secondary N) is 1. The Morgan fingerprint density at radius 3 is 2.50 bits per heavy atom. The molecule has 0 atom stereocenters. The summed E-state index contributed by atoms with van der Waals surface area (Å²) in [5, 5.41) is 6.50. The number of amides is 1.